The third-order valence-electron chi connectivity index (χ3n) is 5.38. The molecule has 0 unspecified atom stereocenters. The van der Waals surface area contributed by atoms with Gasteiger partial charge in [0.25, 0.3) is 0 Å². The number of aliphatic hydroxyl groups is 1. The van der Waals surface area contributed by atoms with Gasteiger partial charge in [0.05, 0.1) is 23.1 Å². The molecule has 1 heterocycles. The SMILES string of the molecule is Cc1cc2c(cc1C1CC1)nc(NC(=O)CC(C)(C)O)n2C1CCC1. The van der Waals surface area contributed by atoms with E-state index in [2.05, 4.69) is 28.9 Å². The zero-order valence-electron chi connectivity index (χ0n) is 15.3. The maximum Gasteiger partial charge on any atom is 0.229 e. The highest BCUT2D eigenvalue weighted by atomic mass is 16.3. The van der Waals surface area contributed by atoms with E-state index in [9.17, 15) is 9.90 Å². The van der Waals surface area contributed by atoms with Gasteiger partial charge < -0.3 is 9.67 Å². The quantitative estimate of drug-likeness (QED) is 0.862. The second-order valence-corrected chi connectivity index (χ2v) is 8.40. The van der Waals surface area contributed by atoms with E-state index in [0.717, 1.165) is 23.9 Å². The van der Waals surface area contributed by atoms with Gasteiger partial charge in [0.15, 0.2) is 0 Å². The molecule has 0 bridgehead atoms. The Bertz CT molecular complexity index is 824. The fourth-order valence-corrected chi connectivity index (χ4v) is 3.76. The maximum atomic E-state index is 12.3. The second kappa shape index (κ2) is 5.84. The van der Waals surface area contributed by atoms with Crippen LogP contribution in [-0.4, -0.2) is 26.2 Å². The van der Waals surface area contributed by atoms with E-state index in [1.165, 1.54) is 30.4 Å². The largest absolute Gasteiger partial charge is 0.390 e. The number of imidazole rings is 1. The van der Waals surface area contributed by atoms with Crippen molar-refractivity contribution >= 4 is 22.9 Å². The summed E-state index contributed by atoms with van der Waals surface area (Å²) in [5.41, 5.74) is 3.79. The lowest BCUT2D eigenvalue weighted by Crippen LogP contribution is -2.29. The minimum atomic E-state index is -1.02. The number of aromatic nitrogens is 2. The first-order valence-electron chi connectivity index (χ1n) is 9.36. The third kappa shape index (κ3) is 3.30. The molecule has 0 spiro atoms. The summed E-state index contributed by atoms with van der Waals surface area (Å²) < 4.78 is 2.20. The van der Waals surface area contributed by atoms with Gasteiger partial charge in [0, 0.05) is 6.04 Å². The van der Waals surface area contributed by atoms with Gasteiger partial charge in [-0.1, -0.05) is 0 Å². The molecule has 134 valence electrons. The Hall–Kier alpha value is -1.88. The van der Waals surface area contributed by atoms with Crippen LogP contribution in [0, 0.1) is 6.92 Å². The van der Waals surface area contributed by atoms with Crippen LogP contribution in [0.25, 0.3) is 11.0 Å². The highest BCUT2D eigenvalue weighted by Crippen LogP contribution is 2.44. The Balaban J connectivity index is 1.73. The van der Waals surface area contributed by atoms with Crippen molar-refractivity contribution in [3.8, 4) is 0 Å². The molecule has 4 rings (SSSR count). The van der Waals surface area contributed by atoms with Crippen molar-refractivity contribution < 1.29 is 9.90 Å². The summed E-state index contributed by atoms with van der Waals surface area (Å²) >= 11 is 0. The zero-order chi connectivity index (χ0) is 17.8. The smallest absolute Gasteiger partial charge is 0.229 e. The number of fused-ring (bicyclic) bond motifs is 1. The molecule has 2 fully saturated rings. The number of nitrogens with one attached hydrogen (secondary N) is 1. The zero-order valence-corrected chi connectivity index (χ0v) is 15.3. The number of hydrogen-bond acceptors (Lipinski definition) is 3. The standard InChI is InChI=1S/C20H27N3O2/c1-12-9-17-16(10-15(12)13-7-8-13)21-19(23(17)14-5-4-6-14)22-18(24)11-20(2,3)25/h9-10,13-14,25H,4-8,11H2,1-3H3,(H,21,22,24). The van der Waals surface area contributed by atoms with Gasteiger partial charge in [-0.25, -0.2) is 4.98 Å². The summed E-state index contributed by atoms with van der Waals surface area (Å²) in [4.78, 5) is 17.1. The van der Waals surface area contributed by atoms with Crippen molar-refractivity contribution in [3.05, 3.63) is 23.3 Å². The molecule has 25 heavy (non-hydrogen) atoms. The fourth-order valence-electron chi connectivity index (χ4n) is 3.76. The van der Waals surface area contributed by atoms with Crippen LogP contribution in [0.15, 0.2) is 12.1 Å². The van der Waals surface area contributed by atoms with Crippen LogP contribution in [0.5, 0.6) is 0 Å². The summed E-state index contributed by atoms with van der Waals surface area (Å²) in [6.07, 6.45) is 6.08. The molecule has 1 aromatic carbocycles. The van der Waals surface area contributed by atoms with E-state index >= 15 is 0 Å². The first-order valence-corrected chi connectivity index (χ1v) is 9.36. The Kier molecular flexibility index (Phi) is 3.87. The van der Waals surface area contributed by atoms with Crippen molar-refractivity contribution in [2.45, 2.75) is 76.9 Å². The number of aryl methyl sites for hydroxylation is 1. The Morgan fingerprint density at radius 1 is 1.32 bits per heavy atom. The van der Waals surface area contributed by atoms with E-state index in [1.807, 2.05) is 0 Å². The van der Waals surface area contributed by atoms with Crippen molar-refractivity contribution in [1.29, 1.82) is 0 Å². The van der Waals surface area contributed by atoms with E-state index in [0.29, 0.717) is 17.9 Å². The Morgan fingerprint density at radius 3 is 2.60 bits per heavy atom. The summed E-state index contributed by atoms with van der Waals surface area (Å²) in [5.74, 6) is 1.12. The number of amides is 1. The molecule has 1 amide bonds. The van der Waals surface area contributed by atoms with Gasteiger partial charge in [-0.15, -0.1) is 0 Å². The molecule has 0 aliphatic heterocycles. The lowest BCUT2D eigenvalue weighted by atomic mass is 9.92. The van der Waals surface area contributed by atoms with Crippen LogP contribution >= 0.6 is 0 Å². The van der Waals surface area contributed by atoms with Gasteiger partial charge in [0.1, 0.15) is 0 Å². The molecule has 1 aromatic heterocycles. The van der Waals surface area contributed by atoms with Crippen molar-refractivity contribution in [1.82, 2.24) is 9.55 Å². The van der Waals surface area contributed by atoms with Gasteiger partial charge in [-0.2, -0.15) is 0 Å². The summed E-state index contributed by atoms with van der Waals surface area (Å²) in [7, 11) is 0. The number of anilines is 1. The third-order valence-corrected chi connectivity index (χ3v) is 5.38. The van der Waals surface area contributed by atoms with Crippen LogP contribution in [0.1, 0.15) is 75.5 Å². The highest BCUT2D eigenvalue weighted by molar-refractivity contribution is 5.92. The van der Waals surface area contributed by atoms with Crippen LogP contribution < -0.4 is 5.32 Å². The van der Waals surface area contributed by atoms with Crippen LogP contribution in [0.3, 0.4) is 0 Å². The van der Waals surface area contributed by atoms with Gasteiger partial charge in [-0.05, 0) is 82.1 Å². The fraction of sp³-hybridized carbons (Fsp3) is 0.600. The lowest BCUT2D eigenvalue weighted by molar-refractivity contribution is -0.119. The Morgan fingerprint density at radius 2 is 2.04 bits per heavy atom. The molecule has 0 saturated heterocycles. The van der Waals surface area contributed by atoms with Gasteiger partial charge in [-0.3, -0.25) is 10.1 Å². The molecular weight excluding hydrogens is 314 g/mol. The molecule has 2 aliphatic rings. The van der Waals surface area contributed by atoms with Crippen LogP contribution in [0.4, 0.5) is 5.95 Å². The second-order valence-electron chi connectivity index (χ2n) is 8.40. The monoisotopic (exact) mass is 341 g/mol. The summed E-state index contributed by atoms with van der Waals surface area (Å²) in [5, 5.41) is 12.8. The predicted molar refractivity (Wildman–Crippen MR) is 98.9 cm³/mol. The topological polar surface area (TPSA) is 67.2 Å². The van der Waals surface area contributed by atoms with Crippen LogP contribution in [-0.2, 0) is 4.79 Å². The number of benzene rings is 1. The molecular formula is C20H27N3O2. The molecule has 2 N–H and O–H groups in total. The van der Waals surface area contributed by atoms with Crippen molar-refractivity contribution in [2.75, 3.05) is 5.32 Å². The van der Waals surface area contributed by atoms with E-state index in [4.69, 9.17) is 4.98 Å². The molecule has 0 atom stereocenters. The maximum absolute atomic E-state index is 12.3. The predicted octanol–water partition coefficient (Wildman–Crippen LogP) is 4.05. The lowest BCUT2D eigenvalue weighted by Gasteiger charge is -2.29. The molecule has 2 saturated carbocycles. The minimum absolute atomic E-state index is 0.0627. The molecule has 5 nitrogen and oxygen atoms in total. The first-order chi connectivity index (χ1) is 11.8. The molecule has 0 radical (unpaired) electrons. The molecule has 2 aromatic rings. The summed E-state index contributed by atoms with van der Waals surface area (Å²) in [6, 6.07) is 4.86. The number of carbonyl (C=O) groups is 1. The van der Waals surface area contributed by atoms with Crippen molar-refractivity contribution in [2.24, 2.45) is 0 Å². The van der Waals surface area contributed by atoms with E-state index in [-0.39, 0.29) is 12.3 Å². The minimum Gasteiger partial charge on any atom is -0.390 e. The number of hydrogen-bond donors (Lipinski definition) is 2. The Labute approximate surface area is 148 Å². The average molecular weight is 341 g/mol. The van der Waals surface area contributed by atoms with Gasteiger partial charge >= 0.3 is 0 Å². The van der Waals surface area contributed by atoms with E-state index < -0.39 is 5.60 Å². The number of carbonyl (C=O) groups excluding carboxylic acids is 1. The normalized spacial score (nSPS) is 18.4. The number of nitrogens with zero attached hydrogens (tertiary/aromatic N) is 2. The summed E-state index contributed by atoms with van der Waals surface area (Å²) in [6.45, 7) is 5.47. The average Bonchev–Trinajstić information content (AvgIpc) is 3.21. The van der Waals surface area contributed by atoms with Gasteiger partial charge in [0.2, 0.25) is 11.9 Å². The molecule has 5 heteroatoms. The first kappa shape index (κ1) is 16.6. The van der Waals surface area contributed by atoms with Crippen molar-refractivity contribution in [3.63, 3.8) is 0 Å². The highest BCUT2D eigenvalue weighted by Gasteiger charge is 2.29. The van der Waals surface area contributed by atoms with Crippen LogP contribution in [0.2, 0.25) is 0 Å². The van der Waals surface area contributed by atoms with E-state index in [1.54, 1.807) is 13.8 Å². The molecule has 2 aliphatic carbocycles. The number of rotatable bonds is 5.